The Labute approximate surface area is 157 Å². The molecule has 2 amide bonds. The minimum atomic E-state index is -0.236. The van der Waals surface area contributed by atoms with E-state index in [1.165, 1.54) is 0 Å². The number of nitrogens with one attached hydrogen (secondary N) is 3. The third-order valence-corrected chi connectivity index (χ3v) is 3.92. The van der Waals surface area contributed by atoms with Crippen LogP contribution in [0.5, 0.6) is 0 Å². The molecule has 0 aliphatic heterocycles. The van der Waals surface area contributed by atoms with Crippen LogP contribution < -0.4 is 16.0 Å². The van der Waals surface area contributed by atoms with Crippen molar-refractivity contribution in [2.24, 2.45) is 0 Å². The first kappa shape index (κ1) is 18.3. The van der Waals surface area contributed by atoms with E-state index in [-0.39, 0.29) is 18.4 Å². The Kier molecular flexibility index (Phi) is 5.89. The molecule has 0 saturated carbocycles. The summed E-state index contributed by atoms with van der Waals surface area (Å²) in [5.41, 5.74) is 3.07. The molecule has 1 heterocycles. The van der Waals surface area contributed by atoms with Gasteiger partial charge in [-0.15, -0.1) is 0 Å². The zero-order valence-corrected chi connectivity index (χ0v) is 15.0. The van der Waals surface area contributed by atoms with E-state index < -0.39 is 0 Å². The van der Waals surface area contributed by atoms with Gasteiger partial charge in [0.05, 0.1) is 19.4 Å². The minimum Gasteiger partial charge on any atom is -0.467 e. The second kappa shape index (κ2) is 8.71. The number of rotatable bonds is 7. The molecule has 0 aliphatic carbocycles. The zero-order chi connectivity index (χ0) is 19.1. The van der Waals surface area contributed by atoms with Gasteiger partial charge in [0, 0.05) is 16.9 Å². The predicted molar refractivity (Wildman–Crippen MR) is 105 cm³/mol. The molecule has 0 aliphatic rings. The Balaban J connectivity index is 1.52. The molecule has 3 N–H and O–H groups in total. The molecule has 0 unspecified atom stereocenters. The maximum Gasteiger partial charge on any atom is 0.251 e. The van der Waals surface area contributed by atoms with Crippen molar-refractivity contribution in [3.8, 4) is 0 Å². The molecule has 0 fully saturated rings. The summed E-state index contributed by atoms with van der Waals surface area (Å²) in [6.45, 7) is 2.45. The second-order valence-corrected chi connectivity index (χ2v) is 6.11. The van der Waals surface area contributed by atoms with Crippen LogP contribution in [0.25, 0.3) is 0 Å². The highest BCUT2D eigenvalue weighted by molar-refractivity contribution is 5.98. The number of amides is 2. The fraction of sp³-hybridized carbons (Fsp3) is 0.143. The summed E-state index contributed by atoms with van der Waals surface area (Å²) >= 11 is 0. The highest BCUT2D eigenvalue weighted by Gasteiger charge is 2.08. The molecular weight excluding hydrogens is 342 g/mol. The van der Waals surface area contributed by atoms with Crippen LogP contribution in [-0.2, 0) is 11.3 Å². The van der Waals surface area contributed by atoms with Gasteiger partial charge in [-0.3, -0.25) is 9.59 Å². The van der Waals surface area contributed by atoms with Crippen molar-refractivity contribution in [3.63, 3.8) is 0 Å². The highest BCUT2D eigenvalue weighted by atomic mass is 16.3. The van der Waals surface area contributed by atoms with E-state index in [4.69, 9.17) is 4.42 Å². The number of carbonyl (C=O) groups excluding carboxylic acids is 2. The van der Waals surface area contributed by atoms with Gasteiger partial charge in [-0.1, -0.05) is 23.8 Å². The van der Waals surface area contributed by atoms with Gasteiger partial charge in [0.1, 0.15) is 5.76 Å². The summed E-state index contributed by atoms with van der Waals surface area (Å²) in [7, 11) is 0. The van der Waals surface area contributed by atoms with Gasteiger partial charge in [0.2, 0.25) is 5.91 Å². The van der Waals surface area contributed by atoms with Crippen LogP contribution >= 0.6 is 0 Å². The lowest BCUT2D eigenvalue weighted by atomic mass is 10.2. The monoisotopic (exact) mass is 363 g/mol. The van der Waals surface area contributed by atoms with Gasteiger partial charge < -0.3 is 20.4 Å². The van der Waals surface area contributed by atoms with Crippen molar-refractivity contribution in [2.75, 3.05) is 17.2 Å². The van der Waals surface area contributed by atoms with Gasteiger partial charge >= 0.3 is 0 Å². The summed E-state index contributed by atoms with van der Waals surface area (Å²) in [4.78, 5) is 24.4. The molecule has 27 heavy (non-hydrogen) atoms. The average Bonchev–Trinajstić information content (AvgIpc) is 3.19. The molecule has 0 radical (unpaired) electrons. The molecule has 0 spiro atoms. The van der Waals surface area contributed by atoms with Gasteiger partial charge in [-0.2, -0.15) is 0 Å². The van der Waals surface area contributed by atoms with Crippen molar-refractivity contribution < 1.29 is 14.0 Å². The lowest BCUT2D eigenvalue weighted by Gasteiger charge is -2.09. The van der Waals surface area contributed by atoms with E-state index in [0.29, 0.717) is 23.6 Å². The smallest absolute Gasteiger partial charge is 0.251 e. The van der Waals surface area contributed by atoms with E-state index in [0.717, 1.165) is 11.3 Å². The van der Waals surface area contributed by atoms with E-state index in [2.05, 4.69) is 16.0 Å². The van der Waals surface area contributed by atoms with Crippen molar-refractivity contribution in [1.29, 1.82) is 0 Å². The molecule has 6 nitrogen and oxygen atoms in total. The Hall–Kier alpha value is -3.54. The van der Waals surface area contributed by atoms with Crippen molar-refractivity contribution in [3.05, 3.63) is 83.8 Å². The highest BCUT2D eigenvalue weighted by Crippen LogP contribution is 2.12. The third kappa shape index (κ3) is 5.47. The Morgan fingerprint density at radius 3 is 2.52 bits per heavy atom. The number of anilines is 2. The summed E-state index contributed by atoms with van der Waals surface area (Å²) < 4.78 is 5.19. The topological polar surface area (TPSA) is 83.4 Å². The predicted octanol–water partition coefficient (Wildman–Crippen LogP) is 3.57. The number of furan rings is 1. The number of hydrogen-bond acceptors (Lipinski definition) is 4. The van der Waals surface area contributed by atoms with Crippen LogP contribution in [0, 0.1) is 6.92 Å². The first-order valence-corrected chi connectivity index (χ1v) is 8.61. The van der Waals surface area contributed by atoms with Crippen LogP contribution in [0.3, 0.4) is 0 Å². The summed E-state index contributed by atoms with van der Waals surface area (Å²) in [5.74, 6) is 0.249. The number of hydrogen-bond donors (Lipinski definition) is 3. The van der Waals surface area contributed by atoms with Gasteiger partial charge in [0.25, 0.3) is 5.91 Å². The molecule has 138 valence electrons. The fourth-order valence-electron chi connectivity index (χ4n) is 2.48. The van der Waals surface area contributed by atoms with Crippen molar-refractivity contribution in [2.45, 2.75) is 13.5 Å². The van der Waals surface area contributed by atoms with Crippen LogP contribution in [-0.4, -0.2) is 18.4 Å². The van der Waals surface area contributed by atoms with E-state index >= 15 is 0 Å². The van der Waals surface area contributed by atoms with E-state index in [9.17, 15) is 9.59 Å². The molecule has 0 atom stereocenters. The Morgan fingerprint density at radius 2 is 1.78 bits per heavy atom. The Morgan fingerprint density at radius 1 is 0.963 bits per heavy atom. The zero-order valence-electron chi connectivity index (χ0n) is 15.0. The molecule has 1 aromatic heterocycles. The van der Waals surface area contributed by atoms with Crippen LogP contribution in [0.15, 0.2) is 71.3 Å². The lowest BCUT2D eigenvalue weighted by Crippen LogP contribution is -2.24. The summed E-state index contributed by atoms with van der Waals surface area (Å²) in [6, 6.07) is 18.2. The Bertz CT molecular complexity index is 903. The van der Waals surface area contributed by atoms with E-state index in [1.54, 1.807) is 42.7 Å². The largest absolute Gasteiger partial charge is 0.467 e. The summed E-state index contributed by atoms with van der Waals surface area (Å²) in [5, 5.41) is 8.63. The molecule has 6 heteroatoms. The molecular formula is C21H21N3O3. The van der Waals surface area contributed by atoms with Gasteiger partial charge in [-0.25, -0.2) is 0 Å². The standard InChI is InChI=1S/C21H21N3O3/c1-15-7-9-17(10-8-15)22-14-20(25)24-18-5-2-4-16(12-18)21(26)23-13-19-6-3-11-27-19/h2-12,22H,13-14H2,1H3,(H,23,26)(H,24,25). The van der Waals surface area contributed by atoms with Crippen LogP contribution in [0.2, 0.25) is 0 Å². The second-order valence-electron chi connectivity index (χ2n) is 6.11. The van der Waals surface area contributed by atoms with E-state index in [1.807, 2.05) is 31.2 Å². The lowest BCUT2D eigenvalue weighted by molar-refractivity contribution is -0.114. The summed E-state index contributed by atoms with van der Waals surface area (Å²) in [6.07, 6.45) is 1.56. The molecule has 0 saturated heterocycles. The molecule has 3 rings (SSSR count). The normalized spacial score (nSPS) is 10.3. The third-order valence-electron chi connectivity index (χ3n) is 3.92. The molecule has 0 bridgehead atoms. The van der Waals surface area contributed by atoms with Crippen molar-refractivity contribution in [1.82, 2.24) is 5.32 Å². The molecule has 3 aromatic rings. The van der Waals surface area contributed by atoms with Gasteiger partial charge in [-0.05, 0) is 49.4 Å². The quantitative estimate of drug-likeness (QED) is 0.599. The number of aryl methyl sites for hydroxylation is 1. The van der Waals surface area contributed by atoms with Gasteiger partial charge in [0.15, 0.2) is 0 Å². The van der Waals surface area contributed by atoms with Crippen molar-refractivity contribution >= 4 is 23.2 Å². The first-order valence-electron chi connectivity index (χ1n) is 8.61. The van der Waals surface area contributed by atoms with Crippen LogP contribution in [0.1, 0.15) is 21.7 Å². The average molecular weight is 363 g/mol. The fourth-order valence-corrected chi connectivity index (χ4v) is 2.48. The van der Waals surface area contributed by atoms with Crippen LogP contribution in [0.4, 0.5) is 11.4 Å². The maximum absolute atomic E-state index is 12.2. The molecule has 2 aromatic carbocycles. The number of carbonyl (C=O) groups is 2. The maximum atomic E-state index is 12.2. The first-order chi connectivity index (χ1) is 13.1. The SMILES string of the molecule is Cc1ccc(NCC(=O)Nc2cccc(C(=O)NCc3ccco3)c2)cc1. The number of benzene rings is 2. The minimum absolute atomic E-state index is 0.137.